The van der Waals surface area contributed by atoms with Crippen LogP contribution in [0.4, 0.5) is 0 Å². The van der Waals surface area contributed by atoms with Gasteiger partial charge < -0.3 is 10.1 Å². The maximum absolute atomic E-state index is 5.72. The number of hydrogen-bond donors (Lipinski definition) is 1. The van der Waals surface area contributed by atoms with Crippen LogP contribution in [0.2, 0.25) is 0 Å². The normalized spacial score (nSPS) is 12.9. The van der Waals surface area contributed by atoms with Crippen molar-refractivity contribution < 1.29 is 4.74 Å². The fraction of sp³-hybridized carbons (Fsp3) is 0.786. The van der Waals surface area contributed by atoms with Gasteiger partial charge in [-0.1, -0.05) is 13.8 Å². The second-order valence-corrected chi connectivity index (χ2v) is 4.79. The first-order valence-corrected chi connectivity index (χ1v) is 6.93. The van der Waals surface area contributed by atoms with Crippen LogP contribution in [0.25, 0.3) is 0 Å². The standard InChI is InChI=1S/C14H27N3O/c1-6-8-15-13(10-18-9-7-2)14-11(3)16-17(5)12(14)4/h13,15H,6-10H2,1-5H3. The van der Waals surface area contributed by atoms with Crippen LogP contribution >= 0.6 is 0 Å². The smallest absolute Gasteiger partial charge is 0.0662 e. The average molecular weight is 253 g/mol. The Bertz CT molecular complexity index is 360. The molecule has 4 nitrogen and oxygen atoms in total. The second-order valence-electron chi connectivity index (χ2n) is 4.79. The van der Waals surface area contributed by atoms with Crippen LogP contribution in [0.3, 0.4) is 0 Å². The highest BCUT2D eigenvalue weighted by Crippen LogP contribution is 2.21. The lowest BCUT2D eigenvalue weighted by atomic mass is 10.1. The van der Waals surface area contributed by atoms with Crippen molar-refractivity contribution in [3.63, 3.8) is 0 Å². The zero-order valence-electron chi connectivity index (χ0n) is 12.4. The number of nitrogens with zero attached hydrogens (tertiary/aromatic N) is 2. The molecule has 18 heavy (non-hydrogen) atoms. The van der Waals surface area contributed by atoms with Crippen molar-refractivity contribution >= 4 is 0 Å². The summed E-state index contributed by atoms with van der Waals surface area (Å²) in [5.74, 6) is 0. The van der Waals surface area contributed by atoms with Gasteiger partial charge in [0, 0.05) is 24.9 Å². The van der Waals surface area contributed by atoms with Crippen molar-refractivity contribution in [3.05, 3.63) is 17.0 Å². The molecule has 104 valence electrons. The molecule has 0 aliphatic heterocycles. The Kier molecular flexibility index (Phi) is 6.36. The molecule has 0 aromatic carbocycles. The van der Waals surface area contributed by atoms with Gasteiger partial charge >= 0.3 is 0 Å². The van der Waals surface area contributed by atoms with Crippen molar-refractivity contribution in [1.82, 2.24) is 15.1 Å². The Hall–Kier alpha value is -0.870. The summed E-state index contributed by atoms with van der Waals surface area (Å²) in [6.07, 6.45) is 2.19. The molecule has 0 bridgehead atoms. The molecule has 1 rings (SSSR count). The van der Waals surface area contributed by atoms with E-state index in [-0.39, 0.29) is 6.04 Å². The van der Waals surface area contributed by atoms with E-state index in [1.165, 1.54) is 11.3 Å². The van der Waals surface area contributed by atoms with Crippen LogP contribution in [0.15, 0.2) is 0 Å². The van der Waals surface area contributed by atoms with E-state index < -0.39 is 0 Å². The van der Waals surface area contributed by atoms with E-state index in [0.29, 0.717) is 0 Å². The summed E-state index contributed by atoms with van der Waals surface area (Å²) in [5, 5.41) is 8.05. The zero-order chi connectivity index (χ0) is 13.5. The Morgan fingerprint density at radius 3 is 2.50 bits per heavy atom. The fourth-order valence-corrected chi connectivity index (χ4v) is 2.20. The van der Waals surface area contributed by atoms with E-state index in [2.05, 4.69) is 38.1 Å². The van der Waals surface area contributed by atoms with Crippen molar-refractivity contribution in [1.29, 1.82) is 0 Å². The molecule has 0 spiro atoms. The van der Waals surface area contributed by atoms with Crippen LogP contribution in [-0.4, -0.2) is 29.5 Å². The first-order valence-electron chi connectivity index (χ1n) is 6.93. The van der Waals surface area contributed by atoms with Crippen LogP contribution in [0.1, 0.15) is 49.7 Å². The number of aromatic nitrogens is 2. The maximum Gasteiger partial charge on any atom is 0.0662 e. The zero-order valence-corrected chi connectivity index (χ0v) is 12.4. The number of nitrogens with one attached hydrogen (secondary N) is 1. The molecule has 0 aliphatic carbocycles. The molecule has 1 unspecified atom stereocenters. The molecule has 0 saturated heterocycles. The van der Waals surface area contributed by atoms with Gasteiger partial charge in [-0.05, 0) is 33.2 Å². The van der Waals surface area contributed by atoms with Crippen LogP contribution in [0, 0.1) is 13.8 Å². The maximum atomic E-state index is 5.72. The SMILES string of the molecule is CCCNC(COCCC)c1c(C)nn(C)c1C. The summed E-state index contributed by atoms with van der Waals surface area (Å²) >= 11 is 0. The first kappa shape index (κ1) is 15.2. The minimum absolute atomic E-state index is 0.255. The first-order chi connectivity index (χ1) is 8.61. The lowest BCUT2D eigenvalue weighted by Crippen LogP contribution is -2.27. The molecule has 1 aromatic rings. The fourth-order valence-electron chi connectivity index (χ4n) is 2.20. The molecule has 0 saturated carbocycles. The molecule has 0 aliphatic rings. The number of rotatable bonds is 8. The van der Waals surface area contributed by atoms with Gasteiger partial charge in [-0.15, -0.1) is 0 Å². The molecule has 0 fully saturated rings. The Labute approximate surface area is 111 Å². The lowest BCUT2D eigenvalue weighted by Gasteiger charge is -2.19. The summed E-state index contributed by atoms with van der Waals surface area (Å²) in [4.78, 5) is 0. The van der Waals surface area contributed by atoms with Gasteiger partial charge in [-0.2, -0.15) is 5.10 Å². The Morgan fingerprint density at radius 2 is 2.00 bits per heavy atom. The minimum Gasteiger partial charge on any atom is -0.379 e. The largest absolute Gasteiger partial charge is 0.379 e. The molecule has 0 amide bonds. The van der Waals surface area contributed by atoms with Crippen molar-refractivity contribution in [3.8, 4) is 0 Å². The molecule has 1 N–H and O–H groups in total. The molecule has 1 atom stereocenters. The Balaban J connectivity index is 2.79. The third-order valence-electron chi connectivity index (χ3n) is 3.19. The molecular weight excluding hydrogens is 226 g/mol. The van der Waals surface area contributed by atoms with Crippen LogP contribution in [-0.2, 0) is 11.8 Å². The molecule has 4 heteroatoms. The van der Waals surface area contributed by atoms with Crippen molar-refractivity contribution in [2.24, 2.45) is 7.05 Å². The van der Waals surface area contributed by atoms with Gasteiger partial charge in [-0.3, -0.25) is 4.68 Å². The monoisotopic (exact) mass is 253 g/mol. The molecule has 0 radical (unpaired) electrons. The highest BCUT2D eigenvalue weighted by atomic mass is 16.5. The topological polar surface area (TPSA) is 39.1 Å². The summed E-state index contributed by atoms with van der Waals surface area (Å²) in [6, 6.07) is 0.255. The minimum atomic E-state index is 0.255. The molecule has 1 aromatic heterocycles. The van der Waals surface area contributed by atoms with Crippen molar-refractivity contribution in [2.45, 2.75) is 46.6 Å². The lowest BCUT2D eigenvalue weighted by molar-refractivity contribution is 0.111. The van der Waals surface area contributed by atoms with Crippen molar-refractivity contribution in [2.75, 3.05) is 19.8 Å². The van der Waals surface area contributed by atoms with Crippen LogP contribution in [0.5, 0.6) is 0 Å². The van der Waals surface area contributed by atoms with Gasteiger partial charge in [0.15, 0.2) is 0 Å². The summed E-state index contributed by atoms with van der Waals surface area (Å²) in [7, 11) is 2.00. The second kappa shape index (κ2) is 7.54. The van der Waals surface area contributed by atoms with E-state index in [0.717, 1.165) is 38.3 Å². The molecular formula is C14H27N3O. The third-order valence-corrected chi connectivity index (χ3v) is 3.19. The van der Waals surface area contributed by atoms with Gasteiger partial charge in [0.2, 0.25) is 0 Å². The predicted octanol–water partition coefficient (Wildman–Crippen LogP) is 2.50. The van der Waals surface area contributed by atoms with Gasteiger partial charge in [0.05, 0.1) is 18.3 Å². The van der Waals surface area contributed by atoms with Gasteiger partial charge in [0.1, 0.15) is 0 Å². The summed E-state index contributed by atoms with van der Waals surface area (Å²) < 4.78 is 7.67. The highest BCUT2D eigenvalue weighted by Gasteiger charge is 2.19. The van der Waals surface area contributed by atoms with Gasteiger partial charge in [-0.25, -0.2) is 0 Å². The number of ether oxygens (including phenoxy) is 1. The summed E-state index contributed by atoms with van der Waals surface area (Å²) in [5.41, 5.74) is 3.62. The average Bonchev–Trinajstić information content (AvgIpc) is 2.59. The third kappa shape index (κ3) is 3.82. The highest BCUT2D eigenvalue weighted by molar-refractivity contribution is 5.28. The van der Waals surface area contributed by atoms with E-state index >= 15 is 0 Å². The quantitative estimate of drug-likeness (QED) is 0.724. The van der Waals surface area contributed by atoms with E-state index in [1.54, 1.807) is 0 Å². The van der Waals surface area contributed by atoms with E-state index in [4.69, 9.17) is 4.74 Å². The number of aryl methyl sites for hydroxylation is 2. The van der Waals surface area contributed by atoms with Crippen LogP contribution < -0.4 is 5.32 Å². The Morgan fingerprint density at radius 1 is 1.28 bits per heavy atom. The molecule has 1 heterocycles. The van der Waals surface area contributed by atoms with Gasteiger partial charge in [0.25, 0.3) is 0 Å². The summed E-state index contributed by atoms with van der Waals surface area (Å²) in [6.45, 7) is 11.1. The van der Waals surface area contributed by atoms with E-state index in [9.17, 15) is 0 Å². The predicted molar refractivity (Wildman–Crippen MR) is 74.8 cm³/mol. The number of hydrogen-bond acceptors (Lipinski definition) is 3. The van der Waals surface area contributed by atoms with E-state index in [1.807, 2.05) is 11.7 Å².